The SMILES string of the molecule is CC[C@@](C)(OC#N)C(=O)OC. The van der Waals surface area contributed by atoms with Crippen LogP contribution in [0.2, 0.25) is 0 Å². The van der Waals surface area contributed by atoms with Gasteiger partial charge < -0.3 is 9.47 Å². The van der Waals surface area contributed by atoms with Gasteiger partial charge in [-0.05, 0) is 13.3 Å². The van der Waals surface area contributed by atoms with Crippen molar-refractivity contribution >= 4 is 5.97 Å². The molecular weight excluding hydrogens is 146 g/mol. The zero-order valence-corrected chi connectivity index (χ0v) is 6.88. The normalized spacial score (nSPS) is 14.4. The number of nitrogens with zero attached hydrogens (tertiary/aromatic N) is 1. The Hall–Kier alpha value is -1.24. The lowest BCUT2D eigenvalue weighted by atomic mass is 10.0. The molecule has 0 fully saturated rings. The maximum atomic E-state index is 11.0. The van der Waals surface area contributed by atoms with Crippen molar-refractivity contribution in [1.29, 1.82) is 5.26 Å². The third-order valence-electron chi connectivity index (χ3n) is 1.56. The number of carbonyl (C=O) groups excluding carboxylic acids is 1. The van der Waals surface area contributed by atoms with Gasteiger partial charge in [0.2, 0.25) is 5.60 Å². The van der Waals surface area contributed by atoms with E-state index in [1.54, 1.807) is 6.92 Å². The number of rotatable bonds is 3. The zero-order valence-electron chi connectivity index (χ0n) is 6.88. The number of hydrogen-bond acceptors (Lipinski definition) is 4. The van der Waals surface area contributed by atoms with Crippen molar-refractivity contribution in [3.05, 3.63) is 0 Å². The van der Waals surface area contributed by atoms with Crippen molar-refractivity contribution in [2.75, 3.05) is 7.11 Å². The summed E-state index contributed by atoms with van der Waals surface area (Å²) in [5, 5.41) is 8.20. The molecule has 4 nitrogen and oxygen atoms in total. The Morgan fingerprint density at radius 3 is 2.55 bits per heavy atom. The Bertz CT molecular complexity index is 185. The second-order valence-corrected chi connectivity index (χ2v) is 2.27. The van der Waals surface area contributed by atoms with E-state index < -0.39 is 11.6 Å². The summed E-state index contributed by atoms with van der Waals surface area (Å²) in [5.74, 6) is -0.526. The zero-order chi connectivity index (χ0) is 8.91. The maximum Gasteiger partial charge on any atom is 0.351 e. The lowest BCUT2D eigenvalue weighted by Crippen LogP contribution is -2.37. The van der Waals surface area contributed by atoms with Crippen LogP contribution in [-0.2, 0) is 14.3 Å². The third-order valence-corrected chi connectivity index (χ3v) is 1.56. The summed E-state index contributed by atoms with van der Waals surface area (Å²) in [5.41, 5.74) is -1.12. The predicted molar refractivity (Wildman–Crippen MR) is 37.4 cm³/mol. The predicted octanol–water partition coefficient (Wildman–Crippen LogP) is 0.826. The monoisotopic (exact) mass is 157 g/mol. The first-order valence-corrected chi connectivity index (χ1v) is 3.26. The minimum absolute atomic E-state index is 0.410. The van der Waals surface area contributed by atoms with E-state index in [9.17, 15) is 4.79 Å². The average molecular weight is 157 g/mol. The van der Waals surface area contributed by atoms with Gasteiger partial charge in [-0.1, -0.05) is 6.92 Å². The topological polar surface area (TPSA) is 59.3 Å². The summed E-state index contributed by atoms with van der Waals surface area (Å²) in [4.78, 5) is 11.0. The van der Waals surface area contributed by atoms with Crippen LogP contribution in [0.4, 0.5) is 0 Å². The van der Waals surface area contributed by atoms with Crippen LogP contribution in [0, 0.1) is 11.5 Å². The largest absolute Gasteiger partial charge is 0.466 e. The highest BCUT2D eigenvalue weighted by Crippen LogP contribution is 2.15. The van der Waals surface area contributed by atoms with Crippen LogP contribution in [0.15, 0.2) is 0 Å². The fourth-order valence-electron chi connectivity index (χ4n) is 0.575. The van der Waals surface area contributed by atoms with E-state index in [2.05, 4.69) is 9.47 Å². The Balaban J connectivity index is 4.34. The molecule has 0 rings (SSSR count). The summed E-state index contributed by atoms with van der Waals surface area (Å²) >= 11 is 0. The van der Waals surface area contributed by atoms with Crippen molar-refractivity contribution in [1.82, 2.24) is 0 Å². The fraction of sp³-hybridized carbons (Fsp3) is 0.714. The molecule has 0 aliphatic carbocycles. The first kappa shape index (κ1) is 9.76. The molecule has 4 heteroatoms. The van der Waals surface area contributed by atoms with Crippen molar-refractivity contribution in [2.45, 2.75) is 25.9 Å². The average Bonchev–Trinajstić information content (AvgIpc) is 2.03. The Morgan fingerprint density at radius 2 is 2.27 bits per heavy atom. The minimum Gasteiger partial charge on any atom is -0.466 e. The summed E-state index contributed by atoms with van der Waals surface area (Å²) in [7, 11) is 1.26. The van der Waals surface area contributed by atoms with E-state index >= 15 is 0 Å². The summed E-state index contributed by atoms with van der Waals surface area (Å²) < 4.78 is 9.01. The van der Waals surface area contributed by atoms with E-state index in [0.717, 1.165) is 0 Å². The van der Waals surface area contributed by atoms with Crippen molar-refractivity contribution < 1.29 is 14.3 Å². The van der Waals surface area contributed by atoms with E-state index in [0.29, 0.717) is 6.42 Å². The molecule has 0 bridgehead atoms. The first-order valence-electron chi connectivity index (χ1n) is 3.26. The molecule has 0 aromatic rings. The van der Waals surface area contributed by atoms with Crippen LogP contribution < -0.4 is 0 Å². The minimum atomic E-state index is -1.12. The second kappa shape index (κ2) is 3.81. The maximum absolute atomic E-state index is 11.0. The molecule has 0 spiro atoms. The van der Waals surface area contributed by atoms with E-state index in [1.165, 1.54) is 20.3 Å². The van der Waals surface area contributed by atoms with Crippen LogP contribution >= 0.6 is 0 Å². The molecule has 0 amide bonds. The lowest BCUT2D eigenvalue weighted by Gasteiger charge is -2.20. The van der Waals surface area contributed by atoms with Gasteiger partial charge in [0.15, 0.2) is 0 Å². The van der Waals surface area contributed by atoms with Gasteiger partial charge in [-0.15, -0.1) is 0 Å². The van der Waals surface area contributed by atoms with Crippen molar-refractivity contribution in [3.8, 4) is 6.26 Å². The Morgan fingerprint density at radius 1 is 1.73 bits per heavy atom. The molecule has 0 aliphatic heterocycles. The molecular formula is C7H11NO3. The van der Waals surface area contributed by atoms with Crippen molar-refractivity contribution in [3.63, 3.8) is 0 Å². The van der Waals surface area contributed by atoms with Gasteiger partial charge >= 0.3 is 5.97 Å². The van der Waals surface area contributed by atoms with Crippen LogP contribution in [0.1, 0.15) is 20.3 Å². The molecule has 0 saturated carbocycles. The highest BCUT2D eigenvalue weighted by Gasteiger charge is 2.34. The van der Waals surface area contributed by atoms with Gasteiger partial charge in [-0.25, -0.2) is 4.79 Å². The highest BCUT2D eigenvalue weighted by atomic mass is 16.6. The van der Waals surface area contributed by atoms with Crippen molar-refractivity contribution in [2.24, 2.45) is 0 Å². The Kier molecular flexibility index (Phi) is 3.38. The van der Waals surface area contributed by atoms with Gasteiger partial charge in [-0.3, -0.25) is 0 Å². The molecule has 0 aromatic heterocycles. The highest BCUT2D eigenvalue weighted by molar-refractivity contribution is 5.78. The molecule has 0 N–H and O–H groups in total. The van der Waals surface area contributed by atoms with Gasteiger partial charge in [0.05, 0.1) is 7.11 Å². The molecule has 0 aromatic carbocycles. The second-order valence-electron chi connectivity index (χ2n) is 2.27. The standard InChI is InChI=1S/C7H11NO3/c1-4-7(2,11-5-8)6(9)10-3/h4H2,1-3H3/t7-/m1/s1. The molecule has 0 aliphatic rings. The third kappa shape index (κ3) is 2.11. The number of carbonyl (C=O) groups is 1. The quantitative estimate of drug-likeness (QED) is 0.449. The van der Waals surface area contributed by atoms with Gasteiger partial charge in [-0.2, -0.15) is 5.26 Å². The lowest BCUT2D eigenvalue weighted by molar-refractivity contribution is -0.160. The molecule has 0 saturated heterocycles. The number of methoxy groups -OCH3 is 1. The van der Waals surface area contributed by atoms with Crippen LogP contribution in [0.25, 0.3) is 0 Å². The molecule has 1 atom stereocenters. The molecule has 0 unspecified atom stereocenters. The van der Waals surface area contributed by atoms with Crippen LogP contribution in [-0.4, -0.2) is 18.7 Å². The van der Waals surface area contributed by atoms with E-state index in [1.807, 2.05) is 0 Å². The van der Waals surface area contributed by atoms with Gasteiger partial charge in [0.25, 0.3) is 6.26 Å². The number of nitriles is 1. The molecule has 62 valence electrons. The fourth-order valence-corrected chi connectivity index (χ4v) is 0.575. The number of ether oxygens (including phenoxy) is 2. The Labute approximate surface area is 65.7 Å². The molecule has 0 heterocycles. The first-order chi connectivity index (χ1) is 5.10. The number of hydrogen-bond donors (Lipinski definition) is 0. The summed E-state index contributed by atoms with van der Waals surface area (Å²) in [6, 6.07) is 0. The summed E-state index contributed by atoms with van der Waals surface area (Å²) in [6.07, 6.45) is 1.88. The van der Waals surface area contributed by atoms with Crippen LogP contribution in [0.3, 0.4) is 0 Å². The van der Waals surface area contributed by atoms with Crippen LogP contribution in [0.5, 0.6) is 0 Å². The van der Waals surface area contributed by atoms with Gasteiger partial charge in [0, 0.05) is 0 Å². The van der Waals surface area contributed by atoms with E-state index in [-0.39, 0.29) is 0 Å². The molecule has 0 radical (unpaired) electrons. The molecule has 11 heavy (non-hydrogen) atoms. The smallest absolute Gasteiger partial charge is 0.351 e. The van der Waals surface area contributed by atoms with E-state index in [4.69, 9.17) is 5.26 Å². The number of esters is 1. The van der Waals surface area contributed by atoms with Gasteiger partial charge in [0.1, 0.15) is 0 Å². The summed E-state index contributed by atoms with van der Waals surface area (Å²) in [6.45, 7) is 3.26.